The molecule has 2 aromatic carbocycles. The number of nitrogens with zero attached hydrogens (tertiary/aromatic N) is 2. The average molecular weight is 408 g/mol. The Morgan fingerprint density at radius 3 is 2.77 bits per heavy atom. The third kappa shape index (κ3) is 4.07. The number of hydrogen-bond donors (Lipinski definition) is 2. The van der Waals surface area contributed by atoms with Gasteiger partial charge in [0.05, 0.1) is 31.2 Å². The summed E-state index contributed by atoms with van der Waals surface area (Å²) in [5, 5.41) is 2.80. The average Bonchev–Trinajstić information content (AvgIpc) is 3.34. The molecule has 1 atom stereocenters. The van der Waals surface area contributed by atoms with Gasteiger partial charge in [0.25, 0.3) is 0 Å². The molecule has 1 fully saturated rings. The normalized spacial score (nSPS) is 16.1. The fraction of sp³-hybridized carbons (Fsp3) is 0.318. The van der Waals surface area contributed by atoms with Gasteiger partial charge in [-0.1, -0.05) is 18.2 Å². The van der Waals surface area contributed by atoms with Crippen molar-refractivity contribution in [2.24, 2.45) is 5.92 Å². The molecule has 30 heavy (non-hydrogen) atoms. The Bertz CT molecular complexity index is 1040. The molecular formula is C22H24N4O4. The van der Waals surface area contributed by atoms with Crippen molar-refractivity contribution in [2.75, 3.05) is 32.6 Å². The molecule has 0 bridgehead atoms. The number of rotatable bonds is 7. The number of nitrogens with one attached hydrogen (secondary N) is 2. The Morgan fingerprint density at radius 2 is 2.00 bits per heavy atom. The van der Waals surface area contributed by atoms with Crippen LogP contribution in [0.15, 0.2) is 42.5 Å². The molecule has 0 aliphatic carbocycles. The third-order valence-electron chi connectivity index (χ3n) is 5.33. The minimum Gasteiger partial charge on any atom is -0.493 e. The number of amides is 2. The Morgan fingerprint density at radius 1 is 1.20 bits per heavy atom. The monoisotopic (exact) mass is 408 g/mol. The van der Waals surface area contributed by atoms with E-state index in [2.05, 4.69) is 15.3 Å². The van der Waals surface area contributed by atoms with Crippen LogP contribution < -0.4 is 14.8 Å². The number of aromatic nitrogens is 2. The molecule has 1 unspecified atom stereocenters. The lowest BCUT2D eigenvalue weighted by Crippen LogP contribution is -2.30. The number of para-hydroxylation sites is 2. The number of ether oxygens (including phenoxy) is 2. The highest BCUT2D eigenvalue weighted by molar-refractivity contribution is 5.97. The van der Waals surface area contributed by atoms with E-state index in [4.69, 9.17) is 9.47 Å². The molecule has 4 rings (SSSR count). The van der Waals surface area contributed by atoms with Crippen molar-refractivity contribution in [3.8, 4) is 11.5 Å². The van der Waals surface area contributed by atoms with Crippen LogP contribution in [0.5, 0.6) is 11.5 Å². The number of anilines is 1. The number of imidazole rings is 1. The van der Waals surface area contributed by atoms with Crippen LogP contribution in [0.1, 0.15) is 12.0 Å². The molecule has 0 spiro atoms. The summed E-state index contributed by atoms with van der Waals surface area (Å²) in [7, 11) is 3.19. The van der Waals surface area contributed by atoms with Gasteiger partial charge in [0.15, 0.2) is 11.5 Å². The SMILES string of the molecule is COc1ccc(CCN2CC(C(=O)Nc3nc4ccccc4[nH]3)CC2=O)cc1OC. The Hall–Kier alpha value is -3.55. The summed E-state index contributed by atoms with van der Waals surface area (Å²) in [6.07, 6.45) is 0.877. The first kappa shape index (κ1) is 19.8. The van der Waals surface area contributed by atoms with Gasteiger partial charge in [0.1, 0.15) is 0 Å². The second kappa shape index (κ2) is 8.44. The van der Waals surface area contributed by atoms with Crippen LogP contribution in [0.2, 0.25) is 0 Å². The lowest BCUT2D eigenvalue weighted by Gasteiger charge is -2.17. The van der Waals surface area contributed by atoms with E-state index in [-0.39, 0.29) is 18.2 Å². The molecule has 0 radical (unpaired) electrons. The molecule has 2 amide bonds. The van der Waals surface area contributed by atoms with Crippen LogP contribution in [0.3, 0.4) is 0 Å². The number of hydrogen-bond acceptors (Lipinski definition) is 5. The van der Waals surface area contributed by atoms with E-state index in [0.29, 0.717) is 37.0 Å². The predicted octanol–water partition coefficient (Wildman–Crippen LogP) is 2.61. The van der Waals surface area contributed by atoms with Crippen molar-refractivity contribution in [3.63, 3.8) is 0 Å². The molecule has 156 valence electrons. The largest absolute Gasteiger partial charge is 0.493 e. The fourth-order valence-corrected chi connectivity index (χ4v) is 3.69. The molecule has 1 aliphatic rings. The van der Waals surface area contributed by atoms with Gasteiger partial charge in [0.2, 0.25) is 17.8 Å². The van der Waals surface area contributed by atoms with Crippen molar-refractivity contribution in [2.45, 2.75) is 12.8 Å². The maximum Gasteiger partial charge on any atom is 0.232 e. The zero-order valence-electron chi connectivity index (χ0n) is 17.0. The predicted molar refractivity (Wildman–Crippen MR) is 113 cm³/mol. The van der Waals surface area contributed by atoms with Crippen LogP contribution in [0.4, 0.5) is 5.95 Å². The summed E-state index contributed by atoms with van der Waals surface area (Å²) in [6.45, 7) is 0.945. The maximum atomic E-state index is 12.6. The summed E-state index contributed by atoms with van der Waals surface area (Å²) in [5.41, 5.74) is 2.68. The Labute approximate surface area is 174 Å². The highest BCUT2D eigenvalue weighted by atomic mass is 16.5. The van der Waals surface area contributed by atoms with E-state index in [1.165, 1.54) is 0 Å². The molecule has 1 aromatic heterocycles. The van der Waals surface area contributed by atoms with E-state index in [1.54, 1.807) is 19.1 Å². The first-order valence-electron chi connectivity index (χ1n) is 9.81. The lowest BCUT2D eigenvalue weighted by atomic mass is 10.1. The smallest absolute Gasteiger partial charge is 0.232 e. The van der Waals surface area contributed by atoms with Crippen LogP contribution >= 0.6 is 0 Å². The molecule has 2 N–H and O–H groups in total. The van der Waals surface area contributed by atoms with E-state index in [9.17, 15) is 9.59 Å². The number of aromatic amines is 1. The zero-order valence-corrected chi connectivity index (χ0v) is 17.0. The highest BCUT2D eigenvalue weighted by Crippen LogP contribution is 2.28. The van der Waals surface area contributed by atoms with E-state index < -0.39 is 5.92 Å². The van der Waals surface area contributed by atoms with Gasteiger partial charge in [-0.2, -0.15) is 0 Å². The van der Waals surface area contributed by atoms with Gasteiger partial charge >= 0.3 is 0 Å². The second-order valence-corrected chi connectivity index (χ2v) is 7.27. The third-order valence-corrected chi connectivity index (χ3v) is 5.33. The van der Waals surface area contributed by atoms with Crippen molar-refractivity contribution in [1.29, 1.82) is 0 Å². The number of benzene rings is 2. The number of methoxy groups -OCH3 is 2. The second-order valence-electron chi connectivity index (χ2n) is 7.27. The van der Waals surface area contributed by atoms with Crippen LogP contribution in [0.25, 0.3) is 11.0 Å². The quantitative estimate of drug-likeness (QED) is 0.626. The molecule has 2 heterocycles. The lowest BCUT2D eigenvalue weighted by molar-refractivity contribution is -0.128. The topological polar surface area (TPSA) is 96.5 Å². The summed E-state index contributed by atoms with van der Waals surface area (Å²) < 4.78 is 10.6. The molecule has 8 heteroatoms. The fourth-order valence-electron chi connectivity index (χ4n) is 3.69. The molecule has 8 nitrogen and oxygen atoms in total. The maximum absolute atomic E-state index is 12.6. The molecule has 1 aliphatic heterocycles. The summed E-state index contributed by atoms with van der Waals surface area (Å²) in [5.74, 6) is 1.12. The molecule has 0 saturated carbocycles. The van der Waals surface area contributed by atoms with Gasteiger partial charge in [-0.25, -0.2) is 4.98 Å². The van der Waals surface area contributed by atoms with Crippen molar-refractivity contribution < 1.29 is 19.1 Å². The Balaban J connectivity index is 1.35. The number of fused-ring (bicyclic) bond motifs is 1. The molecular weight excluding hydrogens is 384 g/mol. The van der Waals surface area contributed by atoms with Crippen molar-refractivity contribution >= 4 is 28.8 Å². The van der Waals surface area contributed by atoms with Crippen molar-refractivity contribution in [1.82, 2.24) is 14.9 Å². The summed E-state index contributed by atoms with van der Waals surface area (Å²) in [6, 6.07) is 13.3. The van der Waals surface area contributed by atoms with E-state index >= 15 is 0 Å². The molecule has 1 saturated heterocycles. The highest BCUT2D eigenvalue weighted by Gasteiger charge is 2.34. The number of carbonyl (C=O) groups is 2. The number of H-pyrrole nitrogens is 1. The standard InChI is InChI=1S/C22H24N4O4/c1-29-18-8-7-14(11-19(18)30-2)9-10-26-13-15(12-20(26)27)21(28)25-22-23-16-5-3-4-6-17(16)24-22/h3-8,11,15H,9-10,12-13H2,1-2H3,(H2,23,24,25,28). The first-order valence-corrected chi connectivity index (χ1v) is 9.81. The van der Waals surface area contributed by atoms with Gasteiger partial charge in [0, 0.05) is 19.5 Å². The van der Waals surface area contributed by atoms with Gasteiger partial charge in [-0.15, -0.1) is 0 Å². The van der Waals surface area contributed by atoms with Gasteiger partial charge < -0.3 is 19.4 Å². The zero-order chi connectivity index (χ0) is 21.1. The number of likely N-dealkylation sites (tertiary alicyclic amines) is 1. The van der Waals surface area contributed by atoms with Gasteiger partial charge in [-0.3, -0.25) is 14.9 Å². The van der Waals surface area contributed by atoms with Crippen LogP contribution in [-0.4, -0.2) is 54.0 Å². The van der Waals surface area contributed by atoms with E-state index in [1.807, 2.05) is 42.5 Å². The van der Waals surface area contributed by atoms with Crippen LogP contribution in [0, 0.1) is 5.92 Å². The van der Waals surface area contributed by atoms with E-state index in [0.717, 1.165) is 16.6 Å². The van der Waals surface area contributed by atoms with Crippen LogP contribution in [-0.2, 0) is 16.0 Å². The molecule has 3 aromatic rings. The van der Waals surface area contributed by atoms with Crippen molar-refractivity contribution in [3.05, 3.63) is 48.0 Å². The minimum atomic E-state index is -0.392. The summed E-state index contributed by atoms with van der Waals surface area (Å²) >= 11 is 0. The Kier molecular flexibility index (Phi) is 5.56. The minimum absolute atomic E-state index is 0.0137. The first-order chi connectivity index (χ1) is 14.6. The number of carbonyl (C=O) groups excluding carboxylic acids is 2. The van der Waals surface area contributed by atoms with Gasteiger partial charge in [-0.05, 0) is 36.2 Å². The summed E-state index contributed by atoms with van der Waals surface area (Å²) in [4.78, 5) is 34.2.